The van der Waals surface area contributed by atoms with Crippen molar-refractivity contribution in [2.24, 2.45) is 34.0 Å². The van der Waals surface area contributed by atoms with Crippen LogP contribution in [0.3, 0.4) is 0 Å². The van der Waals surface area contributed by atoms with Gasteiger partial charge in [-0.2, -0.15) is 0 Å². The zero-order valence-corrected chi connectivity index (χ0v) is 35.3. The minimum Gasteiger partial charge on any atom is -0.465 e. The molecule has 328 valence electrons. The Balaban J connectivity index is 1.74. The number of hydrogen-bond donors (Lipinski definition) is 0. The molecule has 17 nitrogen and oxygen atoms in total. The minimum absolute atomic E-state index is 0.0696. The summed E-state index contributed by atoms with van der Waals surface area (Å²) in [6.45, 7) is 9.33. The first-order valence-electron chi connectivity index (χ1n) is 20.2. The van der Waals surface area contributed by atoms with Crippen molar-refractivity contribution in [2.75, 3.05) is 13.2 Å². The van der Waals surface area contributed by atoms with Gasteiger partial charge in [-0.3, -0.25) is 33.8 Å². The molecule has 1 spiro atoms. The number of nitrogens with zero attached hydrogens (tertiary/aromatic N) is 1. The van der Waals surface area contributed by atoms with Crippen LogP contribution in [0.15, 0.2) is 48.7 Å². The van der Waals surface area contributed by atoms with E-state index in [2.05, 4.69) is 4.98 Å². The molecule has 1 aliphatic heterocycles. The maximum absolute atomic E-state index is 14.4. The van der Waals surface area contributed by atoms with Crippen molar-refractivity contribution in [1.29, 1.82) is 0 Å². The SMILES string of the molecule is CC(=O)OC[C@]12[C@H](OC(C)=O)[C@H](OC(C)=O)[C@@H]3[C@@H](OC(C)=O)C14C[C@@]3(C)COC(=O)c1cccnc1CCC(C)C(=O)O[C@@H]([C@H](OC(=O)c1ccccc1)[C@@H]2OC(C)=O)[C@H]4C. The molecule has 0 amide bonds. The van der Waals surface area contributed by atoms with Crippen LogP contribution in [0.2, 0.25) is 0 Å². The molecule has 0 saturated heterocycles. The average Bonchev–Trinajstić information content (AvgIpc) is 3.41. The van der Waals surface area contributed by atoms with E-state index >= 15 is 0 Å². The summed E-state index contributed by atoms with van der Waals surface area (Å²) >= 11 is 0. The van der Waals surface area contributed by atoms with E-state index < -0.39 is 132 Å². The van der Waals surface area contributed by atoms with Crippen LogP contribution in [0.5, 0.6) is 0 Å². The smallest absolute Gasteiger partial charge is 0.340 e. The van der Waals surface area contributed by atoms with E-state index in [0.29, 0.717) is 5.69 Å². The minimum atomic E-state index is -2.14. The van der Waals surface area contributed by atoms with Gasteiger partial charge in [0.05, 0.1) is 34.8 Å². The number of hydrogen-bond acceptors (Lipinski definition) is 17. The average molecular weight is 850 g/mol. The van der Waals surface area contributed by atoms with Crippen LogP contribution in [0.25, 0.3) is 0 Å². The van der Waals surface area contributed by atoms with E-state index in [1.54, 1.807) is 45.0 Å². The fourth-order valence-electron chi connectivity index (χ4n) is 10.6. The molecule has 1 aromatic carbocycles. The maximum atomic E-state index is 14.4. The molecule has 3 saturated carbocycles. The van der Waals surface area contributed by atoms with Crippen LogP contribution >= 0.6 is 0 Å². The number of esters is 8. The van der Waals surface area contributed by atoms with Crippen molar-refractivity contribution >= 4 is 47.8 Å². The zero-order chi connectivity index (χ0) is 44.6. The second-order valence-electron chi connectivity index (χ2n) is 16.8. The van der Waals surface area contributed by atoms with Crippen molar-refractivity contribution in [1.82, 2.24) is 4.98 Å². The van der Waals surface area contributed by atoms with E-state index in [9.17, 15) is 38.4 Å². The van der Waals surface area contributed by atoms with Gasteiger partial charge in [0.2, 0.25) is 0 Å². The quantitative estimate of drug-likeness (QED) is 0.271. The molecule has 3 fully saturated rings. The second-order valence-corrected chi connectivity index (χ2v) is 16.8. The van der Waals surface area contributed by atoms with Crippen molar-refractivity contribution < 1.29 is 76.3 Å². The third-order valence-corrected chi connectivity index (χ3v) is 12.9. The molecule has 0 radical (unpaired) electrons. The fourth-order valence-corrected chi connectivity index (χ4v) is 10.6. The first-order chi connectivity index (χ1) is 28.8. The van der Waals surface area contributed by atoms with Crippen LogP contribution in [0.4, 0.5) is 0 Å². The first kappa shape index (κ1) is 44.7. The summed E-state index contributed by atoms with van der Waals surface area (Å²) in [7, 11) is 0. The molecule has 6 rings (SSSR count). The Hall–Kier alpha value is -5.87. The van der Waals surface area contributed by atoms with Gasteiger partial charge in [0, 0.05) is 63.5 Å². The van der Waals surface area contributed by atoms with Gasteiger partial charge in [-0.05, 0) is 43.5 Å². The molecule has 3 aliphatic carbocycles. The van der Waals surface area contributed by atoms with E-state index in [1.165, 1.54) is 24.4 Å². The van der Waals surface area contributed by atoms with Gasteiger partial charge in [-0.25, -0.2) is 9.59 Å². The predicted molar refractivity (Wildman–Crippen MR) is 207 cm³/mol. The lowest BCUT2D eigenvalue weighted by Crippen LogP contribution is -2.80. The number of pyridine rings is 1. The van der Waals surface area contributed by atoms with Crippen molar-refractivity contribution in [3.05, 3.63) is 65.5 Å². The molecular formula is C44H51NO16. The molecule has 2 heterocycles. The van der Waals surface area contributed by atoms with E-state index in [0.717, 1.165) is 34.6 Å². The van der Waals surface area contributed by atoms with Crippen LogP contribution < -0.4 is 0 Å². The second kappa shape index (κ2) is 17.2. The molecule has 2 aromatic rings. The molecule has 17 heteroatoms. The lowest BCUT2D eigenvalue weighted by atomic mass is 9.42. The predicted octanol–water partition coefficient (Wildman–Crippen LogP) is 3.91. The van der Waals surface area contributed by atoms with Gasteiger partial charge in [0.15, 0.2) is 18.3 Å². The fraction of sp³-hybridized carbons (Fsp3) is 0.568. The largest absolute Gasteiger partial charge is 0.465 e. The van der Waals surface area contributed by atoms with Crippen molar-refractivity contribution in [2.45, 2.75) is 111 Å². The Labute approximate surface area is 352 Å². The number of carbonyl (C=O) groups excluding carboxylic acids is 8. The Morgan fingerprint density at radius 1 is 0.754 bits per heavy atom. The number of ether oxygens (including phenoxy) is 8. The summed E-state index contributed by atoms with van der Waals surface area (Å²) in [6.07, 6.45) is -8.18. The highest BCUT2D eigenvalue weighted by Gasteiger charge is 2.86. The normalized spacial score (nSPS) is 34.1. The number of cyclic esters (lactones) is 1. The molecule has 0 N–H and O–H groups in total. The zero-order valence-electron chi connectivity index (χ0n) is 35.3. The van der Waals surface area contributed by atoms with Gasteiger partial charge in [0.25, 0.3) is 0 Å². The summed E-state index contributed by atoms with van der Waals surface area (Å²) in [6, 6.07) is 10.9. The molecule has 4 bridgehead atoms. The van der Waals surface area contributed by atoms with Gasteiger partial charge in [-0.1, -0.05) is 39.0 Å². The van der Waals surface area contributed by atoms with E-state index in [1.807, 2.05) is 0 Å². The lowest BCUT2D eigenvalue weighted by Gasteiger charge is -2.67. The molecule has 1 aromatic heterocycles. The Kier molecular flexibility index (Phi) is 12.6. The summed E-state index contributed by atoms with van der Waals surface area (Å²) < 4.78 is 49.6. The number of aryl methyl sites for hydroxylation is 1. The number of carbonyl (C=O) groups is 8. The van der Waals surface area contributed by atoms with Gasteiger partial charge in [-0.15, -0.1) is 0 Å². The van der Waals surface area contributed by atoms with Crippen LogP contribution in [0.1, 0.15) is 94.6 Å². The summed E-state index contributed by atoms with van der Waals surface area (Å²) in [4.78, 5) is 114. The number of fused-ring (bicyclic) bond motifs is 5. The molecule has 61 heavy (non-hydrogen) atoms. The third kappa shape index (κ3) is 8.06. The standard InChI is InChI=1S/C44H51NO16/c1-22-16-17-31-30(15-12-18-45-31)41(53)55-20-42(8)19-43-23(2)33(60-39(22)51)35(61-40(52)29-13-10-9-11-14-29)38(59-28(7)50)44(43,21-54-24(3)46)37(58-27(6)49)34(56-25(4)47)32(42)36(43)57-26(5)48/h9-15,18,22-23,32-38H,16-17,19-21H2,1-8H3/t22?,23-,32-,33-,34-,35+,36-,37-,38+,42+,43?,44-/m1/s1. The number of benzene rings is 1. The Bertz CT molecular complexity index is 2090. The monoisotopic (exact) mass is 849 g/mol. The van der Waals surface area contributed by atoms with E-state index in [4.69, 9.17) is 37.9 Å². The highest BCUT2D eigenvalue weighted by atomic mass is 16.6. The maximum Gasteiger partial charge on any atom is 0.340 e. The molecular weight excluding hydrogens is 798 g/mol. The first-order valence-corrected chi connectivity index (χ1v) is 20.2. The molecule has 12 atom stereocenters. The van der Waals surface area contributed by atoms with Gasteiger partial charge in [0.1, 0.15) is 24.9 Å². The summed E-state index contributed by atoms with van der Waals surface area (Å²) in [5.41, 5.74) is -4.74. The van der Waals surface area contributed by atoms with Crippen LogP contribution in [0, 0.1) is 34.0 Å². The highest BCUT2D eigenvalue weighted by Crippen LogP contribution is 2.75. The Morgan fingerprint density at radius 3 is 1.97 bits per heavy atom. The van der Waals surface area contributed by atoms with Gasteiger partial charge < -0.3 is 37.9 Å². The van der Waals surface area contributed by atoms with Crippen molar-refractivity contribution in [3.8, 4) is 0 Å². The number of aromatic nitrogens is 1. The third-order valence-electron chi connectivity index (χ3n) is 12.9. The highest BCUT2D eigenvalue weighted by molar-refractivity contribution is 5.91. The molecule has 2 unspecified atom stereocenters. The van der Waals surface area contributed by atoms with Crippen LogP contribution in [-0.2, 0) is 73.1 Å². The van der Waals surface area contributed by atoms with Crippen LogP contribution in [-0.4, -0.2) is 103 Å². The van der Waals surface area contributed by atoms with E-state index in [-0.39, 0.29) is 30.4 Å². The number of rotatable bonds is 8. The lowest BCUT2D eigenvalue weighted by molar-refractivity contribution is -0.333. The molecule has 4 aliphatic rings. The van der Waals surface area contributed by atoms with Gasteiger partial charge >= 0.3 is 47.8 Å². The summed E-state index contributed by atoms with van der Waals surface area (Å²) in [5, 5.41) is 0. The summed E-state index contributed by atoms with van der Waals surface area (Å²) in [5.74, 6) is -9.95. The van der Waals surface area contributed by atoms with Crippen molar-refractivity contribution in [3.63, 3.8) is 0 Å². The topological polar surface area (TPSA) is 223 Å². The Morgan fingerprint density at radius 2 is 1.36 bits per heavy atom.